The van der Waals surface area contributed by atoms with Crippen molar-refractivity contribution in [2.45, 2.75) is 111 Å². The Bertz CT molecular complexity index is 1410. The van der Waals surface area contributed by atoms with Crippen LogP contribution in [0.25, 0.3) is 11.0 Å². The van der Waals surface area contributed by atoms with E-state index in [-0.39, 0.29) is 11.0 Å². The van der Waals surface area contributed by atoms with Crippen LogP contribution in [0.3, 0.4) is 0 Å². The summed E-state index contributed by atoms with van der Waals surface area (Å²) in [5, 5.41) is 4.31. The van der Waals surface area contributed by atoms with E-state index in [1.165, 1.54) is 25.5 Å². The van der Waals surface area contributed by atoms with Gasteiger partial charge in [-0.2, -0.15) is 0 Å². The number of imidazole rings is 1. The molecule has 0 spiro atoms. The fraction of sp³-hybridized carbons (Fsp3) is 0.543. The second kappa shape index (κ2) is 14.2. The summed E-state index contributed by atoms with van der Waals surface area (Å²) in [5.74, 6) is 1.58. The Balaban J connectivity index is 0.00000248. The Labute approximate surface area is 265 Å². The summed E-state index contributed by atoms with van der Waals surface area (Å²) in [6, 6.07) is 7.97. The summed E-state index contributed by atoms with van der Waals surface area (Å²) in [7, 11) is 1.50. The smallest absolute Gasteiger partial charge is 0.148 e. The van der Waals surface area contributed by atoms with Gasteiger partial charge >= 0.3 is 0 Å². The van der Waals surface area contributed by atoms with Crippen LogP contribution in [-0.4, -0.2) is 27.2 Å². The molecule has 0 amide bonds. The largest absolute Gasteiger partial charge is 0.366 e. The molecular weight excluding hydrogens is 554 g/mol. The van der Waals surface area contributed by atoms with Gasteiger partial charge in [0, 0.05) is 27.9 Å². The molecule has 0 saturated carbocycles. The summed E-state index contributed by atoms with van der Waals surface area (Å²) in [5.41, 5.74) is 13.4. The quantitative estimate of drug-likeness (QED) is 0.170. The van der Waals surface area contributed by atoms with Gasteiger partial charge in [0.05, 0.1) is 29.5 Å². The van der Waals surface area contributed by atoms with Crippen molar-refractivity contribution in [2.24, 2.45) is 11.1 Å². The predicted octanol–water partition coefficient (Wildman–Crippen LogP) is 8.63. The van der Waals surface area contributed by atoms with E-state index in [9.17, 15) is 0 Å². The number of aromatic nitrogens is 3. The standard InChI is InChI=1S/C34H49ClN6.CH5N/c1-10-16-32(6,7)18-19-33(8,9)38-25(5)39-41-29-21-26(35)13-14-28(29)37-31(41)23-40-24(4)34(12-3,17-11-2)27-15-20-36-22-30(27)40;1-2/h13-15,20-22,38-39H,4-5,10-12,16-19,23H2,1-3,6-9H3;2H2,1H3. The molecular formula is C35H54ClN7. The van der Waals surface area contributed by atoms with Crippen LogP contribution in [0.5, 0.6) is 0 Å². The number of benzene rings is 1. The molecule has 1 aromatic carbocycles. The Morgan fingerprint density at radius 2 is 1.77 bits per heavy atom. The minimum atomic E-state index is -0.127. The summed E-state index contributed by atoms with van der Waals surface area (Å²) < 4.78 is 2.02. The summed E-state index contributed by atoms with van der Waals surface area (Å²) in [6.45, 7) is 25.5. The van der Waals surface area contributed by atoms with Crippen LogP contribution in [0.2, 0.25) is 5.02 Å². The fourth-order valence-corrected chi connectivity index (χ4v) is 6.75. The molecule has 8 heteroatoms. The molecule has 0 saturated heterocycles. The molecule has 1 aliphatic heterocycles. The molecule has 0 radical (unpaired) electrons. The number of allylic oxidation sites excluding steroid dienone is 1. The summed E-state index contributed by atoms with van der Waals surface area (Å²) >= 11 is 6.46. The Hall–Kier alpha value is -3.03. The third-order valence-electron chi connectivity index (χ3n) is 8.84. The molecule has 0 fully saturated rings. The van der Waals surface area contributed by atoms with Gasteiger partial charge in [0.15, 0.2) is 0 Å². The first-order chi connectivity index (χ1) is 20.4. The number of nitrogens with one attached hydrogen (secondary N) is 2. The van der Waals surface area contributed by atoms with Crippen molar-refractivity contribution in [3.8, 4) is 0 Å². The zero-order chi connectivity index (χ0) is 32.0. The van der Waals surface area contributed by atoms with Crippen LogP contribution in [0, 0.1) is 5.41 Å². The van der Waals surface area contributed by atoms with Gasteiger partial charge in [0.25, 0.3) is 0 Å². The van der Waals surface area contributed by atoms with Crippen molar-refractivity contribution in [1.82, 2.24) is 20.0 Å². The Morgan fingerprint density at radius 1 is 1.05 bits per heavy atom. The zero-order valence-electron chi connectivity index (χ0n) is 27.8. The number of hydrogen-bond donors (Lipinski definition) is 3. The average molecular weight is 608 g/mol. The summed E-state index contributed by atoms with van der Waals surface area (Å²) in [4.78, 5) is 11.8. The molecule has 3 heterocycles. The lowest BCUT2D eigenvalue weighted by Crippen LogP contribution is -2.42. The van der Waals surface area contributed by atoms with Crippen molar-refractivity contribution in [2.75, 3.05) is 17.4 Å². The number of halogens is 1. The second-order valence-electron chi connectivity index (χ2n) is 13.1. The van der Waals surface area contributed by atoms with Crippen molar-refractivity contribution >= 4 is 28.3 Å². The normalized spacial score (nSPS) is 16.6. The highest BCUT2D eigenvalue weighted by molar-refractivity contribution is 6.31. The molecule has 4 rings (SSSR count). The first-order valence-electron chi connectivity index (χ1n) is 15.8. The molecule has 2 aromatic heterocycles. The van der Waals surface area contributed by atoms with Crippen LogP contribution in [0.1, 0.15) is 105 Å². The minimum absolute atomic E-state index is 0.0959. The van der Waals surface area contributed by atoms with E-state index >= 15 is 0 Å². The van der Waals surface area contributed by atoms with Crippen molar-refractivity contribution in [3.05, 3.63) is 77.7 Å². The predicted molar refractivity (Wildman–Crippen MR) is 185 cm³/mol. The number of nitrogens with two attached hydrogens (primary N) is 1. The topological polar surface area (TPSA) is 84.0 Å². The van der Waals surface area contributed by atoms with Gasteiger partial charge in [0.2, 0.25) is 0 Å². The lowest BCUT2D eigenvalue weighted by Gasteiger charge is -2.34. The fourth-order valence-electron chi connectivity index (χ4n) is 6.58. The van der Waals surface area contributed by atoms with E-state index in [2.05, 4.69) is 94.1 Å². The number of anilines is 1. The van der Waals surface area contributed by atoms with E-state index in [1.807, 2.05) is 35.3 Å². The van der Waals surface area contributed by atoms with E-state index < -0.39 is 0 Å². The van der Waals surface area contributed by atoms with Crippen LogP contribution in [0.15, 0.2) is 61.3 Å². The zero-order valence-corrected chi connectivity index (χ0v) is 28.5. The molecule has 43 heavy (non-hydrogen) atoms. The van der Waals surface area contributed by atoms with Gasteiger partial charge in [-0.1, -0.05) is 72.2 Å². The van der Waals surface area contributed by atoms with E-state index in [1.54, 1.807) is 0 Å². The van der Waals surface area contributed by atoms with Gasteiger partial charge in [-0.25, -0.2) is 9.66 Å². The van der Waals surface area contributed by atoms with Gasteiger partial charge in [-0.3, -0.25) is 10.4 Å². The molecule has 1 atom stereocenters. The number of hydrogen-bond acceptors (Lipinski definition) is 6. The van der Waals surface area contributed by atoms with Gasteiger partial charge < -0.3 is 16.0 Å². The minimum Gasteiger partial charge on any atom is -0.366 e. The van der Waals surface area contributed by atoms with Gasteiger partial charge in [-0.15, -0.1) is 0 Å². The monoisotopic (exact) mass is 607 g/mol. The third kappa shape index (κ3) is 7.55. The molecule has 3 aromatic rings. The van der Waals surface area contributed by atoms with Crippen molar-refractivity contribution < 1.29 is 0 Å². The first kappa shape index (κ1) is 34.5. The highest BCUT2D eigenvalue weighted by Gasteiger charge is 2.44. The number of fused-ring (bicyclic) bond motifs is 2. The number of pyridine rings is 1. The second-order valence-corrected chi connectivity index (χ2v) is 13.6. The maximum absolute atomic E-state index is 6.46. The van der Waals surface area contributed by atoms with Crippen LogP contribution in [-0.2, 0) is 12.0 Å². The highest BCUT2D eigenvalue weighted by atomic mass is 35.5. The van der Waals surface area contributed by atoms with E-state index in [0.29, 0.717) is 17.0 Å². The molecule has 1 aliphatic rings. The van der Waals surface area contributed by atoms with Crippen LogP contribution in [0.4, 0.5) is 5.69 Å². The van der Waals surface area contributed by atoms with Gasteiger partial charge in [0.1, 0.15) is 11.6 Å². The number of nitrogens with zero attached hydrogens (tertiary/aromatic N) is 4. The SMILES string of the molecule is C=C(Nn1c(CN2C(=C)C(CC)(CCC)c3ccncc32)nc2ccc(Cl)cc21)NC(C)(C)CCC(C)(C)CCC.CN. The molecule has 4 N–H and O–H groups in total. The highest BCUT2D eigenvalue weighted by Crippen LogP contribution is 2.52. The van der Waals surface area contributed by atoms with Crippen molar-refractivity contribution in [1.29, 1.82) is 0 Å². The maximum atomic E-state index is 6.46. The Morgan fingerprint density at radius 3 is 2.42 bits per heavy atom. The Kier molecular flexibility index (Phi) is 11.4. The maximum Gasteiger partial charge on any atom is 0.148 e. The number of rotatable bonds is 14. The lowest BCUT2D eigenvalue weighted by atomic mass is 9.74. The van der Waals surface area contributed by atoms with Crippen LogP contribution >= 0.6 is 11.6 Å². The third-order valence-corrected chi connectivity index (χ3v) is 9.08. The molecule has 0 bridgehead atoms. The van der Waals surface area contributed by atoms with Gasteiger partial charge in [-0.05, 0) is 88.2 Å². The lowest BCUT2D eigenvalue weighted by molar-refractivity contribution is 0.252. The average Bonchev–Trinajstić information content (AvgIpc) is 3.41. The van der Waals surface area contributed by atoms with Crippen LogP contribution < -0.4 is 21.4 Å². The summed E-state index contributed by atoms with van der Waals surface area (Å²) in [6.07, 6.45) is 11.6. The molecule has 236 valence electrons. The van der Waals surface area contributed by atoms with E-state index in [4.69, 9.17) is 16.6 Å². The molecule has 0 aliphatic carbocycles. The first-order valence-corrected chi connectivity index (χ1v) is 16.1. The molecule has 1 unspecified atom stereocenters. The van der Waals surface area contributed by atoms with Crippen molar-refractivity contribution in [3.63, 3.8) is 0 Å². The van der Waals surface area contributed by atoms with E-state index in [0.717, 1.165) is 66.2 Å². The molecule has 7 nitrogen and oxygen atoms in total.